The highest BCUT2D eigenvalue weighted by Crippen LogP contribution is 2.27. The smallest absolute Gasteiger partial charge is 0.263 e. The molecule has 0 saturated carbocycles. The van der Waals surface area contributed by atoms with Gasteiger partial charge in [0.25, 0.3) is 17.4 Å². The number of carbonyl (C=O) groups is 2. The summed E-state index contributed by atoms with van der Waals surface area (Å²) in [5.74, 6) is -0.178. The monoisotopic (exact) mass is 557 g/mol. The highest BCUT2D eigenvalue weighted by molar-refractivity contribution is 6.42. The van der Waals surface area contributed by atoms with E-state index in [0.29, 0.717) is 51.9 Å². The van der Waals surface area contributed by atoms with Crippen LogP contribution in [0.4, 0.5) is 5.95 Å². The summed E-state index contributed by atoms with van der Waals surface area (Å²) >= 11 is 12.1. The fourth-order valence-electron chi connectivity index (χ4n) is 4.45. The van der Waals surface area contributed by atoms with Crippen molar-refractivity contribution in [2.45, 2.75) is 45.3 Å². The summed E-state index contributed by atoms with van der Waals surface area (Å²) in [5.41, 5.74) is 2.16. The summed E-state index contributed by atoms with van der Waals surface area (Å²) in [6.45, 7) is 3.87. The zero-order valence-corrected chi connectivity index (χ0v) is 22.8. The minimum atomic E-state index is -0.268. The average molecular weight is 558 g/mol. The zero-order valence-electron chi connectivity index (χ0n) is 21.3. The molecule has 1 aliphatic rings. The first-order valence-corrected chi connectivity index (χ1v) is 13.0. The van der Waals surface area contributed by atoms with Gasteiger partial charge in [0, 0.05) is 42.4 Å². The number of benzene rings is 2. The van der Waals surface area contributed by atoms with Crippen LogP contribution >= 0.6 is 23.2 Å². The van der Waals surface area contributed by atoms with Gasteiger partial charge in [-0.1, -0.05) is 23.2 Å². The molecule has 1 aromatic heterocycles. The van der Waals surface area contributed by atoms with Gasteiger partial charge in [0.2, 0.25) is 5.95 Å². The Labute approximate surface area is 230 Å². The number of hydrogen-bond donors (Lipinski definition) is 3. The van der Waals surface area contributed by atoms with Gasteiger partial charge in [-0.05, 0) is 69.2 Å². The van der Waals surface area contributed by atoms with Gasteiger partial charge >= 0.3 is 0 Å². The van der Waals surface area contributed by atoms with Crippen LogP contribution in [-0.4, -0.2) is 57.1 Å². The van der Waals surface area contributed by atoms with E-state index in [1.165, 1.54) is 10.6 Å². The van der Waals surface area contributed by atoms with Crippen molar-refractivity contribution >= 4 is 41.0 Å². The lowest BCUT2D eigenvalue weighted by atomic mass is 9.98. The quantitative estimate of drug-likeness (QED) is 0.408. The zero-order chi connectivity index (χ0) is 27.6. The third-order valence-corrected chi connectivity index (χ3v) is 7.33. The average Bonchev–Trinajstić information content (AvgIpc) is 2.90. The van der Waals surface area contributed by atoms with Crippen molar-refractivity contribution in [3.63, 3.8) is 0 Å². The highest BCUT2D eigenvalue weighted by Gasteiger charge is 2.32. The molecule has 0 unspecified atom stereocenters. The van der Waals surface area contributed by atoms with Crippen molar-refractivity contribution in [2.24, 2.45) is 0 Å². The first-order valence-electron chi connectivity index (χ1n) is 12.2. The molecule has 0 fully saturated rings. The Morgan fingerprint density at radius 2 is 1.82 bits per heavy atom. The van der Waals surface area contributed by atoms with Gasteiger partial charge in [-0.15, -0.1) is 0 Å². The molecule has 2 heterocycles. The van der Waals surface area contributed by atoms with Crippen LogP contribution in [0, 0.1) is 0 Å². The van der Waals surface area contributed by atoms with Gasteiger partial charge in [0.05, 0.1) is 28.0 Å². The van der Waals surface area contributed by atoms with Crippen LogP contribution in [0.2, 0.25) is 10.0 Å². The molecule has 2 amide bonds. The van der Waals surface area contributed by atoms with Crippen LogP contribution in [0.3, 0.4) is 0 Å². The van der Waals surface area contributed by atoms with E-state index < -0.39 is 0 Å². The summed E-state index contributed by atoms with van der Waals surface area (Å²) in [6.07, 6.45) is 0.762. The molecule has 0 bridgehead atoms. The maximum Gasteiger partial charge on any atom is 0.263 e. The summed E-state index contributed by atoms with van der Waals surface area (Å²) in [6, 6.07) is 10.9. The second-order valence-electron chi connectivity index (χ2n) is 9.30. The number of aromatic nitrogens is 2. The molecular weight excluding hydrogens is 529 g/mol. The number of nitrogens with zero attached hydrogens (tertiary/aromatic N) is 3. The van der Waals surface area contributed by atoms with Gasteiger partial charge in [-0.2, -0.15) is 0 Å². The Morgan fingerprint density at radius 1 is 1.13 bits per heavy atom. The Balaban J connectivity index is 1.76. The first-order chi connectivity index (χ1) is 18.1. The minimum absolute atomic E-state index is 0.0341. The third kappa shape index (κ3) is 5.55. The number of nitrogens with one attached hydrogen (secondary N) is 2. The summed E-state index contributed by atoms with van der Waals surface area (Å²) in [7, 11) is 1.55. The van der Waals surface area contributed by atoms with Crippen molar-refractivity contribution in [1.29, 1.82) is 0 Å². The fraction of sp³-hybridized carbons (Fsp3) is 0.333. The molecule has 3 aromatic rings. The molecule has 0 radical (unpaired) electrons. The topological polar surface area (TPSA) is 117 Å². The van der Waals surface area contributed by atoms with Gasteiger partial charge in [0.1, 0.15) is 0 Å². The molecule has 3 N–H and O–H groups in total. The van der Waals surface area contributed by atoms with Crippen molar-refractivity contribution in [3.05, 3.63) is 85.2 Å². The Hall–Kier alpha value is -3.40. The molecule has 200 valence electrons. The second kappa shape index (κ2) is 11.6. The predicted molar refractivity (Wildman–Crippen MR) is 148 cm³/mol. The van der Waals surface area contributed by atoms with E-state index in [1.54, 1.807) is 48.3 Å². The number of amides is 2. The Kier molecular flexibility index (Phi) is 8.40. The van der Waals surface area contributed by atoms with Gasteiger partial charge in [-0.25, -0.2) is 9.55 Å². The molecule has 38 heavy (non-hydrogen) atoms. The van der Waals surface area contributed by atoms with Gasteiger partial charge in [-0.3, -0.25) is 14.4 Å². The van der Waals surface area contributed by atoms with Crippen LogP contribution < -0.4 is 16.2 Å². The van der Waals surface area contributed by atoms with Crippen LogP contribution in [0.15, 0.2) is 47.3 Å². The van der Waals surface area contributed by atoms with Crippen LogP contribution in [-0.2, 0) is 13.0 Å². The lowest BCUT2D eigenvalue weighted by Gasteiger charge is -2.35. The van der Waals surface area contributed by atoms with E-state index in [-0.39, 0.29) is 47.6 Å². The fourth-order valence-corrected chi connectivity index (χ4v) is 4.75. The van der Waals surface area contributed by atoms with Crippen molar-refractivity contribution < 1.29 is 14.7 Å². The van der Waals surface area contributed by atoms with E-state index >= 15 is 0 Å². The van der Waals surface area contributed by atoms with Crippen molar-refractivity contribution in [2.75, 3.05) is 19.0 Å². The third-order valence-electron chi connectivity index (χ3n) is 6.59. The van der Waals surface area contributed by atoms with Gasteiger partial charge in [0.15, 0.2) is 0 Å². The second-order valence-corrected chi connectivity index (χ2v) is 10.1. The van der Waals surface area contributed by atoms with Crippen molar-refractivity contribution in [1.82, 2.24) is 19.8 Å². The molecule has 9 nitrogen and oxygen atoms in total. The van der Waals surface area contributed by atoms with E-state index in [0.717, 1.165) is 0 Å². The van der Waals surface area contributed by atoms with Crippen LogP contribution in [0.1, 0.15) is 52.2 Å². The molecule has 11 heteroatoms. The summed E-state index contributed by atoms with van der Waals surface area (Å²) in [4.78, 5) is 45.6. The van der Waals surface area contributed by atoms with E-state index in [2.05, 4.69) is 10.6 Å². The number of fused-ring (bicyclic) bond motifs is 1. The SMILES string of the molecule is CNC(=O)c1ccc(-n2c(N[C@H](C)CCO)nc3c(c2=O)C[C@@H](C)N(C(=O)c2ccc(Cl)c(Cl)c2)C3)cc1. The van der Waals surface area contributed by atoms with E-state index in [9.17, 15) is 19.5 Å². The maximum atomic E-state index is 13.8. The molecule has 4 rings (SSSR count). The molecule has 1 aliphatic heterocycles. The van der Waals surface area contributed by atoms with Crippen LogP contribution in [0.5, 0.6) is 0 Å². The van der Waals surface area contributed by atoms with E-state index in [4.69, 9.17) is 28.2 Å². The maximum absolute atomic E-state index is 13.8. The number of aliphatic hydroxyl groups excluding tert-OH is 1. The number of anilines is 1. The Morgan fingerprint density at radius 3 is 2.45 bits per heavy atom. The van der Waals surface area contributed by atoms with Crippen LogP contribution in [0.25, 0.3) is 5.69 Å². The largest absolute Gasteiger partial charge is 0.396 e. The minimum Gasteiger partial charge on any atom is -0.396 e. The molecule has 0 aliphatic carbocycles. The van der Waals surface area contributed by atoms with Crippen molar-refractivity contribution in [3.8, 4) is 5.69 Å². The number of aliphatic hydroxyl groups is 1. The normalized spacial score (nSPS) is 15.5. The molecule has 2 aromatic carbocycles. The number of rotatable bonds is 7. The standard InChI is InChI=1S/C27H29Cl2N5O4/c1-15(10-11-35)31-27-32-23-14-33(25(37)18-6-9-21(28)22(29)13-18)16(2)12-20(23)26(38)34(27)19-7-4-17(5-8-19)24(36)30-3/h4-9,13,15-16,35H,10-12,14H2,1-3H3,(H,30,36)(H,31,32)/t15-,16-/m1/s1. The lowest BCUT2D eigenvalue weighted by molar-refractivity contribution is 0.0653. The first kappa shape index (κ1) is 27.6. The van der Waals surface area contributed by atoms with Gasteiger partial charge < -0.3 is 20.6 Å². The molecule has 0 spiro atoms. The molecule has 0 saturated heterocycles. The van der Waals surface area contributed by atoms with E-state index in [1.807, 2.05) is 13.8 Å². The number of hydrogen-bond acceptors (Lipinski definition) is 6. The predicted octanol–water partition coefficient (Wildman–Crippen LogP) is 3.67. The lowest BCUT2D eigenvalue weighted by Crippen LogP contribution is -2.46. The number of halogens is 2. The summed E-state index contributed by atoms with van der Waals surface area (Å²) < 4.78 is 1.48. The number of carbonyl (C=O) groups excluding carboxylic acids is 2. The summed E-state index contributed by atoms with van der Waals surface area (Å²) in [5, 5.41) is 15.8. The molecular formula is C27H29Cl2N5O4. The molecule has 2 atom stereocenters. The Bertz CT molecular complexity index is 1420. The highest BCUT2D eigenvalue weighted by atomic mass is 35.5.